The van der Waals surface area contributed by atoms with Crippen molar-refractivity contribution in [3.63, 3.8) is 0 Å². The Balaban J connectivity index is 2.51. The van der Waals surface area contributed by atoms with Gasteiger partial charge in [0, 0.05) is 6.04 Å². The number of hydrogen-bond donors (Lipinski definition) is 2. The molecule has 80 valence electrons. The molecule has 0 spiro atoms. The lowest BCUT2D eigenvalue weighted by molar-refractivity contribution is -0.150. The highest BCUT2D eigenvalue weighted by molar-refractivity contribution is 6.31. The highest BCUT2D eigenvalue weighted by atomic mass is 16.4. The first-order valence-corrected chi connectivity index (χ1v) is 5.06. The number of carbonyl (C=O) groups excluding carboxylic acids is 1. The topological polar surface area (TPSA) is 66.4 Å². The Kier molecular flexibility index (Phi) is 3.49. The minimum absolute atomic E-state index is 0.0300. The molecule has 1 saturated carbocycles. The molecule has 14 heavy (non-hydrogen) atoms. The van der Waals surface area contributed by atoms with E-state index in [1.165, 1.54) is 6.42 Å². The zero-order chi connectivity index (χ0) is 10.7. The third kappa shape index (κ3) is 2.47. The van der Waals surface area contributed by atoms with Crippen molar-refractivity contribution in [3.8, 4) is 0 Å². The van der Waals surface area contributed by atoms with Crippen LogP contribution < -0.4 is 5.32 Å². The van der Waals surface area contributed by atoms with E-state index < -0.39 is 11.9 Å². The summed E-state index contributed by atoms with van der Waals surface area (Å²) >= 11 is 0. The average molecular weight is 199 g/mol. The van der Waals surface area contributed by atoms with Gasteiger partial charge in [-0.15, -0.1) is 0 Å². The van der Waals surface area contributed by atoms with Gasteiger partial charge in [0.15, 0.2) is 0 Å². The number of carbonyl (C=O) groups is 2. The molecule has 0 bridgehead atoms. The van der Waals surface area contributed by atoms with Gasteiger partial charge in [-0.05, 0) is 18.3 Å². The van der Waals surface area contributed by atoms with E-state index in [0.29, 0.717) is 11.8 Å². The summed E-state index contributed by atoms with van der Waals surface area (Å²) in [6, 6.07) is 0.0300. The van der Waals surface area contributed by atoms with E-state index in [1.807, 2.05) is 0 Å². The van der Waals surface area contributed by atoms with Crippen molar-refractivity contribution in [1.29, 1.82) is 0 Å². The molecule has 2 N–H and O–H groups in total. The first-order valence-electron chi connectivity index (χ1n) is 5.06. The van der Waals surface area contributed by atoms with E-state index >= 15 is 0 Å². The number of nitrogens with one attached hydrogen (secondary N) is 1. The van der Waals surface area contributed by atoms with Crippen LogP contribution in [0.4, 0.5) is 0 Å². The van der Waals surface area contributed by atoms with Crippen molar-refractivity contribution in [3.05, 3.63) is 0 Å². The molecular formula is C10H17NO3. The Bertz CT molecular complexity index is 240. The molecule has 0 aromatic heterocycles. The van der Waals surface area contributed by atoms with E-state index in [4.69, 9.17) is 5.11 Å². The molecule has 1 rings (SSSR count). The van der Waals surface area contributed by atoms with Crippen molar-refractivity contribution in [2.75, 3.05) is 0 Å². The third-order valence-corrected chi connectivity index (χ3v) is 3.22. The number of hydrogen-bond acceptors (Lipinski definition) is 2. The van der Waals surface area contributed by atoms with Crippen molar-refractivity contribution in [2.24, 2.45) is 11.8 Å². The summed E-state index contributed by atoms with van der Waals surface area (Å²) in [5.41, 5.74) is 0. The molecule has 1 fully saturated rings. The summed E-state index contributed by atoms with van der Waals surface area (Å²) in [6.07, 6.45) is 3.13. The molecule has 0 aromatic carbocycles. The monoisotopic (exact) mass is 199 g/mol. The van der Waals surface area contributed by atoms with Crippen LogP contribution in [0.2, 0.25) is 0 Å². The lowest BCUT2D eigenvalue weighted by atomic mass is 9.78. The summed E-state index contributed by atoms with van der Waals surface area (Å²) in [6.45, 7) is 4.21. The van der Waals surface area contributed by atoms with Crippen LogP contribution in [0.15, 0.2) is 0 Å². The second-order valence-electron chi connectivity index (χ2n) is 4.15. The second kappa shape index (κ2) is 4.44. The Morgan fingerprint density at radius 1 is 1.29 bits per heavy atom. The minimum Gasteiger partial charge on any atom is -0.474 e. The van der Waals surface area contributed by atoms with Crippen molar-refractivity contribution < 1.29 is 14.7 Å². The number of aliphatic carboxylic acids is 1. The van der Waals surface area contributed by atoms with Crippen molar-refractivity contribution in [1.82, 2.24) is 5.32 Å². The zero-order valence-electron chi connectivity index (χ0n) is 8.62. The van der Waals surface area contributed by atoms with E-state index in [1.54, 1.807) is 0 Å². The summed E-state index contributed by atoms with van der Waals surface area (Å²) in [5, 5.41) is 11.0. The largest absolute Gasteiger partial charge is 0.474 e. The molecule has 4 nitrogen and oxygen atoms in total. The fraction of sp³-hybridized carbons (Fsp3) is 0.800. The maximum absolute atomic E-state index is 11.0. The van der Waals surface area contributed by atoms with Gasteiger partial charge in [0.05, 0.1) is 0 Å². The standard InChI is InChI=1S/C10H17NO3/c1-6-4-3-5-8(7(6)2)11-9(12)10(13)14/h6-8H,3-5H2,1-2H3,(H,11,12)(H,13,14). The highest BCUT2D eigenvalue weighted by Crippen LogP contribution is 2.29. The fourth-order valence-corrected chi connectivity index (χ4v) is 2.02. The molecule has 0 radical (unpaired) electrons. The van der Waals surface area contributed by atoms with Crippen molar-refractivity contribution >= 4 is 11.9 Å². The van der Waals surface area contributed by atoms with Crippen LogP contribution in [-0.2, 0) is 9.59 Å². The number of carboxylic acid groups (broad SMARTS) is 1. The summed E-state index contributed by atoms with van der Waals surface area (Å²) in [7, 11) is 0. The number of amides is 1. The predicted molar refractivity (Wildman–Crippen MR) is 51.7 cm³/mol. The van der Waals surface area contributed by atoms with E-state index in [0.717, 1.165) is 12.8 Å². The van der Waals surface area contributed by atoms with Gasteiger partial charge in [0.2, 0.25) is 0 Å². The second-order valence-corrected chi connectivity index (χ2v) is 4.15. The molecule has 1 aliphatic carbocycles. The first-order chi connectivity index (χ1) is 6.52. The maximum Gasteiger partial charge on any atom is 0.394 e. The molecule has 1 amide bonds. The molecule has 3 atom stereocenters. The Morgan fingerprint density at radius 2 is 1.93 bits per heavy atom. The SMILES string of the molecule is CC1CCCC(NC(=O)C(=O)O)C1C. The van der Waals surface area contributed by atoms with Gasteiger partial charge in [-0.1, -0.05) is 26.7 Å². The summed E-state index contributed by atoms with van der Waals surface area (Å²) < 4.78 is 0. The van der Waals surface area contributed by atoms with E-state index in [9.17, 15) is 9.59 Å². The normalized spacial score (nSPS) is 32.3. The third-order valence-electron chi connectivity index (χ3n) is 3.22. The smallest absolute Gasteiger partial charge is 0.394 e. The fourth-order valence-electron chi connectivity index (χ4n) is 2.02. The van der Waals surface area contributed by atoms with Crippen LogP contribution in [0.1, 0.15) is 33.1 Å². The van der Waals surface area contributed by atoms with Gasteiger partial charge in [0.1, 0.15) is 0 Å². The van der Waals surface area contributed by atoms with E-state index in [-0.39, 0.29) is 6.04 Å². The van der Waals surface area contributed by atoms with Gasteiger partial charge in [-0.2, -0.15) is 0 Å². The molecule has 0 aliphatic heterocycles. The molecule has 4 heteroatoms. The quantitative estimate of drug-likeness (QED) is 0.619. The van der Waals surface area contributed by atoms with Crippen LogP contribution in [0.3, 0.4) is 0 Å². The highest BCUT2D eigenvalue weighted by Gasteiger charge is 2.29. The first kappa shape index (κ1) is 11.0. The molecule has 3 unspecified atom stereocenters. The zero-order valence-corrected chi connectivity index (χ0v) is 8.62. The number of carboxylic acids is 1. The lowest BCUT2D eigenvalue weighted by Crippen LogP contribution is -2.46. The van der Waals surface area contributed by atoms with Gasteiger partial charge >= 0.3 is 11.9 Å². The van der Waals surface area contributed by atoms with E-state index in [2.05, 4.69) is 19.2 Å². The molecular weight excluding hydrogens is 182 g/mol. The molecule has 1 aliphatic rings. The van der Waals surface area contributed by atoms with Gasteiger partial charge < -0.3 is 10.4 Å². The molecule has 0 heterocycles. The van der Waals surface area contributed by atoms with Crippen LogP contribution >= 0.6 is 0 Å². The lowest BCUT2D eigenvalue weighted by Gasteiger charge is -2.34. The maximum atomic E-state index is 11.0. The van der Waals surface area contributed by atoms with Crippen LogP contribution in [0.25, 0.3) is 0 Å². The van der Waals surface area contributed by atoms with Crippen molar-refractivity contribution in [2.45, 2.75) is 39.2 Å². The molecule has 0 aromatic rings. The van der Waals surface area contributed by atoms with Gasteiger partial charge in [-0.25, -0.2) is 4.79 Å². The summed E-state index contributed by atoms with van der Waals surface area (Å²) in [4.78, 5) is 21.3. The van der Waals surface area contributed by atoms with Crippen LogP contribution in [0, 0.1) is 11.8 Å². The van der Waals surface area contributed by atoms with Gasteiger partial charge in [0.25, 0.3) is 0 Å². The number of rotatable bonds is 1. The predicted octanol–water partition coefficient (Wildman–Crippen LogP) is 1.01. The Hall–Kier alpha value is -1.06. The summed E-state index contributed by atoms with van der Waals surface area (Å²) in [5.74, 6) is -1.35. The Labute approximate surface area is 83.7 Å². The van der Waals surface area contributed by atoms with Crippen LogP contribution in [0.5, 0.6) is 0 Å². The van der Waals surface area contributed by atoms with Gasteiger partial charge in [-0.3, -0.25) is 4.79 Å². The minimum atomic E-state index is -1.39. The molecule has 0 saturated heterocycles. The Morgan fingerprint density at radius 3 is 2.50 bits per heavy atom. The van der Waals surface area contributed by atoms with Crippen LogP contribution in [-0.4, -0.2) is 23.0 Å². The average Bonchev–Trinajstić information content (AvgIpc) is 2.12.